The lowest BCUT2D eigenvalue weighted by Crippen LogP contribution is -2.00. The van der Waals surface area contributed by atoms with Gasteiger partial charge in [-0.1, -0.05) is 34.1 Å². The summed E-state index contributed by atoms with van der Waals surface area (Å²) in [6.45, 7) is 2.71. The van der Waals surface area contributed by atoms with E-state index in [-0.39, 0.29) is 6.61 Å². The van der Waals surface area contributed by atoms with Crippen molar-refractivity contribution in [1.82, 2.24) is 0 Å². The Bertz CT molecular complexity index is 708. The Balaban J connectivity index is 1.94. The van der Waals surface area contributed by atoms with Crippen molar-refractivity contribution in [2.75, 3.05) is 13.7 Å². The summed E-state index contributed by atoms with van der Waals surface area (Å²) in [5.74, 6) is 0.906. The zero-order valence-corrected chi connectivity index (χ0v) is 15.2. The molecule has 0 aliphatic carbocycles. The SMILES string of the molecule is CCOc1ccc(/C=C/C(=O)OCc2ccc(Br)cc2)cc1OC. The first-order chi connectivity index (χ1) is 11.6. The lowest BCUT2D eigenvalue weighted by molar-refractivity contribution is -0.138. The molecule has 0 atom stereocenters. The number of methoxy groups -OCH3 is 1. The maximum atomic E-state index is 11.8. The van der Waals surface area contributed by atoms with Gasteiger partial charge in [0.2, 0.25) is 0 Å². The van der Waals surface area contributed by atoms with Crippen molar-refractivity contribution in [2.45, 2.75) is 13.5 Å². The van der Waals surface area contributed by atoms with Gasteiger partial charge in [0.1, 0.15) is 6.61 Å². The van der Waals surface area contributed by atoms with E-state index in [1.807, 2.05) is 49.4 Å². The van der Waals surface area contributed by atoms with Crippen LogP contribution in [0.15, 0.2) is 53.0 Å². The molecule has 0 amide bonds. The maximum Gasteiger partial charge on any atom is 0.331 e. The monoisotopic (exact) mass is 390 g/mol. The third-order valence-corrected chi connectivity index (χ3v) is 3.72. The predicted octanol–water partition coefficient (Wildman–Crippen LogP) is 4.61. The van der Waals surface area contributed by atoms with Gasteiger partial charge in [0, 0.05) is 10.5 Å². The van der Waals surface area contributed by atoms with Crippen LogP contribution in [-0.2, 0) is 16.1 Å². The van der Waals surface area contributed by atoms with Crippen LogP contribution < -0.4 is 9.47 Å². The Morgan fingerprint density at radius 1 is 1.12 bits per heavy atom. The molecule has 0 saturated carbocycles. The van der Waals surface area contributed by atoms with Gasteiger partial charge in [-0.05, 0) is 48.4 Å². The summed E-state index contributed by atoms with van der Waals surface area (Å²) in [4.78, 5) is 11.8. The molecule has 0 saturated heterocycles. The molecule has 0 spiro atoms. The molecule has 0 radical (unpaired) electrons. The van der Waals surface area contributed by atoms with Gasteiger partial charge in [-0.25, -0.2) is 4.79 Å². The summed E-state index contributed by atoms with van der Waals surface area (Å²) in [6.07, 6.45) is 3.08. The Hall–Kier alpha value is -2.27. The van der Waals surface area contributed by atoms with Crippen molar-refractivity contribution >= 4 is 28.0 Å². The predicted molar refractivity (Wildman–Crippen MR) is 97.1 cm³/mol. The Morgan fingerprint density at radius 3 is 2.54 bits per heavy atom. The van der Waals surface area contributed by atoms with Gasteiger partial charge in [0.05, 0.1) is 13.7 Å². The number of hydrogen-bond donors (Lipinski definition) is 0. The molecular formula is C19H19BrO4. The normalized spacial score (nSPS) is 10.6. The van der Waals surface area contributed by atoms with Crippen molar-refractivity contribution in [3.8, 4) is 11.5 Å². The van der Waals surface area contributed by atoms with Gasteiger partial charge >= 0.3 is 5.97 Å². The molecule has 24 heavy (non-hydrogen) atoms. The zero-order chi connectivity index (χ0) is 17.4. The van der Waals surface area contributed by atoms with Crippen LogP contribution in [-0.4, -0.2) is 19.7 Å². The molecular weight excluding hydrogens is 372 g/mol. The molecule has 0 bridgehead atoms. The Labute approximate surface area is 150 Å². The van der Waals surface area contributed by atoms with E-state index in [9.17, 15) is 4.79 Å². The summed E-state index contributed by atoms with van der Waals surface area (Å²) in [5.41, 5.74) is 1.76. The first-order valence-corrected chi connectivity index (χ1v) is 8.31. The number of esters is 1. The van der Waals surface area contributed by atoms with Gasteiger partial charge in [-0.2, -0.15) is 0 Å². The lowest BCUT2D eigenvalue weighted by Gasteiger charge is -2.09. The molecule has 0 unspecified atom stereocenters. The number of benzene rings is 2. The number of carbonyl (C=O) groups is 1. The summed E-state index contributed by atoms with van der Waals surface area (Å²) < 4.78 is 16.9. The highest BCUT2D eigenvalue weighted by atomic mass is 79.9. The second-order valence-electron chi connectivity index (χ2n) is 4.91. The van der Waals surface area contributed by atoms with Crippen molar-refractivity contribution in [2.24, 2.45) is 0 Å². The van der Waals surface area contributed by atoms with Gasteiger partial charge in [-0.3, -0.25) is 0 Å². The van der Waals surface area contributed by atoms with Crippen LogP contribution in [0.3, 0.4) is 0 Å². The van der Waals surface area contributed by atoms with E-state index in [4.69, 9.17) is 14.2 Å². The molecule has 2 rings (SSSR count). The highest BCUT2D eigenvalue weighted by Gasteiger charge is 2.04. The van der Waals surface area contributed by atoms with Crippen LogP contribution in [0.1, 0.15) is 18.1 Å². The van der Waals surface area contributed by atoms with Crippen molar-refractivity contribution in [1.29, 1.82) is 0 Å². The second-order valence-corrected chi connectivity index (χ2v) is 5.83. The maximum absolute atomic E-state index is 11.8. The lowest BCUT2D eigenvalue weighted by atomic mass is 10.2. The van der Waals surface area contributed by atoms with Crippen LogP contribution in [0, 0.1) is 0 Å². The number of carbonyl (C=O) groups excluding carboxylic acids is 1. The van der Waals surface area contributed by atoms with E-state index >= 15 is 0 Å². The number of halogens is 1. The minimum absolute atomic E-state index is 0.239. The van der Waals surface area contributed by atoms with Gasteiger partial charge < -0.3 is 14.2 Å². The fourth-order valence-electron chi connectivity index (χ4n) is 2.01. The number of hydrogen-bond acceptors (Lipinski definition) is 4. The molecule has 0 fully saturated rings. The second kappa shape index (κ2) is 9.13. The fourth-order valence-corrected chi connectivity index (χ4v) is 2.27. The van der Waals surface area contributed by atoms with E-state index in [0.717, 1.165) is 15.6 Å². The molecule has 0 aromatic heterocycles. The van der Waals surface area contributed by atoms with Gasteiger partial charge in [0.25, 0.3) is 0 Å². The minimum Gasteiger partial charge on any atom is -0.493 e. The van der Waals surface area contributed by atoms with Crippen molar-refractivity contribution in [3.63, 3.8) is 0 Å². The van der Waals surface area contributed by atoms with E-state index in [1.165, 1.54) is 6.08 Å². The minimum atomic E-state index is -0.397. The topological polar surface area (TPSA) is 44.8 Å². The summed E-state index contributed by atoms with van der Waals surface area (Å²) in [7, 11) is 1.58. The molecule has 5 heteroatoms. The third kappa shape index (κ3) is 5.42. The smallest absolute Gasteiger partial charge is 0.331 e. The largest absolute Gasteiger partial charge is 0.493 e. The summed E-state index contributed by atoms with van der Waals surface area (Å²) in [6, 6.07) is 13.1. The van der Waals surface area contributed by atoms with Crippen molar-refractivity contribution in [3.05, 3.63) is 64.1 Å². The molecule has 0 heterocycles. The van der Waals surface area contributed by atoms with Crippen molar-refractivity contribution < 1.29 is 19.0 Å². The summed E-state index contributed by atoms with van der Waals surface area (Å²) in [5, 5.41) is 0. The number of ether oxygens (including phenoxy) is 3. The molecule has 2 aromatic rings. The Kier molecular flexibility index (Phi) is 6.88. The molecule has 4 nitrogen and oxygen atoms in total. The highest BCUT2D eigenvalue weighted by molar-refractivity contribution is 9.10. The summed E-state index contributed by atoms with van der Waals surface area (Å²) >= 11 is 3.36. The zero-order valence-electron chi connectivity index (χ0n) is 13.6. The van der Waals surface area contributed by atoms with E-state index in [1.54, 1.807) is 13.2 Å². The van der Waals surface area contributed by atoms with E-state index in [0.29, 0.717) is 18.1 Å². The molecule has 0 aliphatic heterocycles. The van der Waals surface area contributed by atoms with Crippen LogP contribution in [0.5, 0.6) is 11.5 Å². The Morgan fingerprint density at radius 2 is 1.88 bits per heavy atom. The molecule has 0 N–H and O–H groups in total. The average molecular weight is 391 g/mol. The van der Waals surface area contributed by atoms with Crippen LogP contribution in [0.4, 0.5) is 0 Å². The quantitative estimate of drug-likeness (QED) is 0.511. The standard InChI is InChI=1S/C19H19BrO4/c1-3-23-17-10-6-14(12-18(17)22-2)7-11-19(21)24-13-15-4-8-16(20)9-5-15/h4-12H,3,13H2,1-2H3/b11-7+. The first-order valence-electron chi connectivity index (χ1n) is 7.52. The van der Waals surface area contributed by atoms with Gasteiger partial charge in [0.15, 0.2) is 11.5 Å². The van der Waals surface area contributed by atoms with Gasteiger partial charge in [-0.15, -0.1) is 0 Å². The van der Waals surface area contributed by atoms with E-state index < -0.39 is 5.97 Å². The first kappa shape index (κ1) is 18.1. The molecule has 126 valence electrons. The fraction of sp³-hybridized carbons (Fsp3) is 0.211. The number of rotatable bonds is 7. The molecule has 0 aliphatic rings. The van der Waals surface area contributed by atoms with Crippen LogP contribution in [0.25, 0.3) is 6.08 Å². The average Bonchev–Trinajstić information content (AvgIpc) is 2.60. The highest BCUT2D eigenvalue weighted by Crippen LogP contribution is 2.28. The van der Waals surface area contributed by atoms with Crippen LogP contribution in [0.2, 0.25) is 0 Å². The third-order valence-electron chi connectivity index (χ3n) is 3.19. The van der Waals surface area contributed by atoms with Crippen LogP contribution >= 0.6 is 15.9 Å². The molecule has 2 aromatic carbocycles. The van der Waals surface area contributed by atoms with E-state index in [2.05, 4.69) is 15.9 Å².